The molecule has 1 amide bonds. The van der Waals surface area contributed by atoms with Gasteiger partial charge in [-0.3, -0.25) is 9.35 Å². The van der Waals surface area contributed by atoms with Crippen molar-refractivity contribution >= 4 is 16.0 Å². The first-order valence-electron chi connectivity index (χ1n) is 7.78. The Hall–Kier alpha value is -2.42. The van der Waals surface area contributed by atoms with E-state index in [1.807, 2.05) is 36.4 Å². The number of hydrogen-bond donors (Lipinski definition) is 3. The zero-order valence-electron chi connectivity index (χ0n) is 15.0. The number of benzene rings is 2. The zero-order valence-corrected chi connectivity index (χ0v) is 15.8. The van der Waals surface area contributed by atoms with E-state index >= 15 is 0 Å². The molecule has 0 aliphatic carbocycles. The molecule has 4 N–H and O–H groups in total. The van der Waals surface area contributed by atoms with E-state index in [0.717, 1.165) is 22.4 Å². The molecule has 0 heterocycles. The molecule has 1 atom stereocenters. The third kappa shape index (κ3) is 8.61. The van der Waals surface area contributed by atoms with Crippen LogP contribution in [0.3, 0.4) is 0 Å². The molecule has 0 bridgehead atoms. The van der Waals surface area contributed by atoms with Gasteiger partial charge in [0.15, 0.2) is 0 Å². The maximum absolute atomic E-state index is 11.0. The van der Waals surface area contributed by atoms with Crippen LogP contribution in [0.4, 0.5) is 0 Å². The molecule has 0 spiro atoms. The lowest BCUT2D eigenvalue weighted by molar-refractivity contribution is -0.119. The van der Waals surface area contributed by atoms with Gasteiger partial charge in [0.2, 0.25) is 5.91 Å². The van der Waals surface area contributed by atoms with Gasteiger partial charge in [0.05, 0.1) is 19.4 Å². The van der Waals surface area contributed by atoms with Gasteiger partial charge >= 0.3 is 0 Å². The van der Waals surface area contributed by atoms with Crippen molar-refractivity contribution in [1.82, 2.24) is 5.32 Å². The van der Waals surface area contributed by atoms with Crippen LogP contribution in [0.5, 0.6) is 5.75 Å². The molecule has 0 aromatic heterocycles. The standard InChI is InChI=1S/C17H20N2O2.CH4O3S/c1-12(17(18)20)19-11-13-6-8-14(9-7-13)15-4-3-5-16(10-15)21-2;1-5(2,3)4/h3-10,12,19H,11H2,1-2H3,(H2,18,20);1H3,(H,2,3,4). The average molecular weight is 380 g/mol. The number of amides is 1. The van der Waals surface area contributed by atoms with E-state index < -0.39 is 10.1 Å². The Labute approximate surface area is 153 Å². The molecule has 0 saturated heterocycles. The van der Waals surface area contributed by atoms with E-state index in [0.29, 0.717) is 12.8 Å². The Balaban J connectivity index is 0.000000597. The fourth-order valence-electron chi connectivity index (χ4n) is 1.99. The van der Waals surface area contributed by atoms with E-state index in [1.165, 1.54) is 0 Å². The van der Waals surface area contributed by atoms with Gasteiger partial charge in [0.25, 0.3) is 10.1 Å². The molecule has 7 nitrogen and oxygen atoms in total. The van der Waals surface area contributed by atoms with Crippen molar-refractivity contribution in [3.8, 4) is 16.9 Å². The van der Waals surface area contributed by atoms with Crippen molar-refractivity contribution in [2.75, 3.05) is 13.4 Å². The summed E-state index contributed by atoms with van der Waals surface area (Å²) in [6.45, 7) is 2.37. The SMILES string of the molecule is COc1cccc(-c2ccc(CNC(C)C(N)=O)cc2)c1.CS(=O)(=O)O. The Morgan fingerprint density at radius 1 is 1.19 bits per heavy atom. The Kier molecular flexibility index (Phi) is 8.24. The van der Waals surface area contributed by atoms with Crippen LogP contribution in [0, 0.1) is 0 Å². The highest BCUT2D eigenvalue weighted by Crippen LogP contribution is 2.24. The van der Waals surface area contributed by atoms with Crippen molar-refractivity contribution in [3.63, 3.8) is 0 Å². The molecule has 1 unspecified atom stereocenters. The number of carbonyl (C=O) groups is 1. The second-order valence-corrected chi connectivity index (χ2v) is 7.13. The first-order chi connectivity index (χ1) is 12.1. The molecule has 26 heavy (non-hydrogen) atoms. The molecule has 0 fully saturated rings. The minimum Gasteiger partial charge on any atom is -0.497 e. The number of nitrogens with two attached hydrogens (primary N) is 1. The van der Waals surface area contributed by atoms with Crippen molar-refractivity contribution in [3.05, 3.63) is 54.1 Å². The number of nitrogens with one attached hydrogen (secondary N) is 1. The molecule has 0 aliphatic heterocycles. The predicted molar refractivity (Wildman–Crippen MR) is 101 cm³/mol. The number of rotatable bonds is 6. The van der Waals surface area contributed by atoms with E-state index in [-0.39, 0.29) is 11.9 Å². The number of hydrogen-bond acceptors (Lipinski definition) is 5. The fourth-order valence-corrected chi connectivity index (χ4v) is 1.99. The normalized spacial score (nSPS) is 11.8. The van der Waals surface area contributed by atoms with Crippen molar-refractivity contribution in [1.29, 1.82) is 0 Å². The minimum absolute atomic E-state index is 0.330. The highest BCUT2D eigenvalue weighted by atomic mass is 32.2. The summed E-state index contributed by atoms with van der Waals surface area (Å²) in [4.78, 5) is 11.0. The van der Waals surface area contributed by atoms with Gasteiger partial charge in [-0.05, 0) is 35.7 Å². The highest BCUT2D eigenvalue weighted by molar-refractivity contribution is 7.85. The van der Waals surface area contributed by atoms with Crippen LogP contribution in [0.25, 0.3) is 11.1 Å². The summed E-state index contributed by atoms with van der Waals surface area (Å²) < 4.78 is 31.1. The van der Waals surface area contributed by atoms with E-state index in [2.05, 4.69) is 17.4 Å². The van der Waals surface area contributed by atoms with Gasteiger partial charge in [-0.25, -0.2) is 0 Å². The van der Waals surface area contributed by atoms with Gasteiger partial charge in [0, 0.05) is 6.54 Å². The third-order valence-electron chi connectivity index (χ3n) is 3.40. The Bertz CT molecular complexity index is 812. The largest absolute Gasteiger partial charge is 0.497 e. The molecule has 2 rings (SSSR count). The van der Waals surface area contributed by atoms with Gasteiger partial charge in [-0.15, -0.1) is 0 Å². The van der Waals surface area contributed by atoms with E-state index in [1.54, 1.807) is 14.0 Å². The second-order valence-electron chi connectivity index (χ2n) is 5.67. The van der Waals surface area contributed by atoms with Crippen LogP contribution in [-0.4, -0.2) is 38.3 Å². The van der Waals surface area contributed by atoms with Crippen LogP contribution < -0.4 is 15.8 Å². The molecule has 0 aliphatic rings. The number of ether oxygens (including phenoxy) is 1. The van der Waals surface area contributed by atoms with Gasteiger partial charge in [-0.1, -0.05) is 36.4 Å². The van der Waals surface area contributed by atoms with Crippen LogP contribution in [-0.2, 0) is 21.5 Å². The third-order valence-corrected chi connectivity index (χ3v) is 3.40. The highest BCUT2D eigenvalue weighted by Gasteiger charge is 2.07. The lowest BCUT2D eigenvalue weighted by Gasteiger charge is -2.10. The minimum atomic E-state index is -3.67. The first kappa shape index (κ1) is 21.6. The topological polar surface area (TPSA) is 119 Å². The summed E-state index contributed by atoms with van der Waals surface area (Å²) in [7, 11) is -2.01. The maximum Gasteiger partial charge on any atom is 0.261 e. The summed E-state index contributed by atoms with van der Waals surface area (Å²) in [6, 6.07) is 15.8. The maximum atomic E-state index is 11.0. The fraction of sp³-hybridized carbons (Fsp3) is 0.278. The Morgan fingerprint density at radius 2 is 1.77 bits per heavy atom. The molecular weight excluding hydrogens is 356 g/mol. The predicted octanol–water partition coefficient (Wildman–Crippen LogP) is 1.83. The number of methoxy groups -OCH3 is 1. The van der Waals surface area contributed by atoms with Crippen molar-refractivity contribution in [2.45, 2.75) is 19.5 Å². The number of primary amides is 1. The summed E-state index contributed by atoms with van der Waals surface area (Å²) >= 11 is 0. The summed E-state index contributed by atoms with van der Waals surface area (Å²) in [5, 5.41) is 3.08. The molecular formula is C18H24N2O5S. The average Bonchev–Trinajstić information content (AvgIpc) is 2.58. The molecule has 0 radical (unpaired) electrons. The molecule has 8 heteroatoms. The lowest BCUT2D eigenvalue weighted by atomic mass is 10.0. The van der Waals surface area contributed by atoms with Gasteiger partial charge in [-0.2, -0.15) is 8.42 Å². The first-order valence-corrected chi connectivity index (χ1v) is 9.63. The summed E-state index contributed by atoms with van der Waals surface area (Å²) in [5.74, 6) is 0.497. The zero-order chi connectivity index (χ0) is 19.7. The smallest absolute Gasteiger partial charge is 0.261 e. The van der Waals surface area contributed by atoms with Crippen LogP contribution in [0.2, 0.25) is 0 Å². The number of carbonyl (C=O) groups excluding carboxylic acids is 1. The second kappa shape index (κ2) is 9.91. The molecule has 2 aromatic carbocycles. The molecule has 142 valence electrons. The quantitative estimate of drug-likeness (QED) is 0.658. The lowest BCUT2D eigenvalue weighted by Crippen LogP contribution is -2.38. The van der Waals surface area contributed by atoms with Gasteiger partial charge < -0.3 is 15.8 Å². The molecule has 2 aromatic rings. The monoisotopic (exact) mass is 380 g/mol. The van der Waals surface area contributed by atoms with E-state index in [9.17, 15) is 13.2 Å². The van der Waals surface area contributed by atoms with Gasteiger partial charge in [0.1, 0.15) is 5.75 Å². The van der Waals surface area contributed by atoms with Crippen LogP contribution in [0.15, 0.2) is 48.5 Å². The Morgan fingerprint density at radius 3 is 2.27 bits per heavy atom. The van der Waals surface area contributed by atoms with E-state index in [4.69, 9.17) is 15.0 Å². The molecule has 0 saturated carbocycles. The van der Waals surface area contributed by atoms with Crippen molar-refractivity contribution in [2.24, 2.45) is 5.73 Å². The van der Waals surface area contributed by atoms with Crippen LogP contribution in [0.1, 0.15) is 12.5 Å². The summed E-state index contributed by atoms with van der Waals surface area (Å²) in [6.07, 6.45) is 0.715. The van der Waals surface area contributed by atoms with Crippen LogP contribution >= 0.6 is 0 Å². The van der Waals surface area contributed by atoms with Crippen molar-refractivity contribution < 1.29 is 22.5 Å². The summed E-state index contributed by atoms with van der Waals surface area (Å²) in [5.41, 5.74) is 8.56.